The monoisotopic (exact) mass is 489 g/mol. The number of aromatic hydroxyl groups is 1. The molecule has 0 spiro atoms. The highest BCUT2D eigenvalue weighted by molar-refractivity contribution is 5.54. The Bertz CT molecular complexity index is 1000. The number of hydrogen-bond donors (Lipinski definition) is 2. The molecule has 36 heavy (non-hydrogen) atoms. The molecule has 8 aliphatic carbocycles. The number of phenols is 1. The summed E-state index contributed by atoms with van der Waals surface area (Å²) in [5.41, 5.74) is 10.7. The molecule has 2 nitrogen and oxygen atoms in total. The van der Waals surface area contributed by atoms with Crippen LogP contribution in [0.4, 0.5) is 5.69 Å². The van der Waals surface area contributed by atoms with Gasteiger partial charge in [0.05, 0.1) is 5.69 Å². The average molecular weight is 490 g/mol. The van der Waals surface area contributed by atoms with E-state index >= 15 is 0 Å². The minimum absolute atomic E-state index is 0.268. The summed E-state index contributed by atoms with van der Waals surface area (Å²) in [7, 11) is 0. The molecular formula is C34H51NO. The van der Waals surface area contributed by atoms with Crippen molar-refractivity contribution in [3.8, 4) is 5.75 Å². The predicted molar refractivity (Wildman–Crippen MR) is 149 cm³/mol. The van der Waals surface area contributed by atoms with Crippen molar-refractivity contribution in [2.45, 2.75) is 129 Å². The molecule has 0 aliphatic heterocycles. The Morgan fingerprint density at radius 2 is 1.44 bits per heavy atom. The fourth-order valence-electron chi connectivity index (χ4n) is 13.2. The third-order valence-electron chi connectivity index (χ3n) is 13.2. The molecule has 0 saturated heterocycles. The predicted octanol–water partition coefficient (Wildman–Crippen LogP) is 9.22. The first-order chi connectivity index (χ1) is 17.3. The maximum absolute atomic E-state index is 10.3. The second-order valence-electron chi connectivity index (χ2n) is 15.6. The molecule has 0 heterocycles. The summed E-state index contributed by atoms with van der Waals surface area (Å²) in [6.45, 7) is 4.80. The van der Waals surface area contributed by atoms with Crippen LogP contribution in [-0.4, -0.2) is 5.11 Å². The van der Waals surface area contributed by atoms with Gasteiger partial charge in [0.1, 0.15) is 5.75 Å². The molecule has 7 unspecified atom stereocenters. The van der Waals surface area contributed by atoms with Crippen LogP contribution >= 0.6 is 0 Å². The molecule has 0 amide bonds. The standard InChI is InChI=1S/C34H51NO/c1-3-5-9-31-14-23-11-24(15-31)18-33(17-23,21-31)34-19-25-12-27(20-32(16-25,22-34)10-6-4-2)30(34)26-7-8-29(36)28(35)13-26/h7-8,13,23-25,27,30,36H,3-6,9-12,14-22,35H2,1-2H3. The van der Waals surface area contributed by atoms with Crippen LogP contribution < -0.4 is 5.73 Å². The molecule has 0 aromatic heterocycles. The zero-order chi connectivity index (χ0) is 24.8. The van der Waals surface area contributed by atoms with Gasteiger partial charge < -0.3 is 10.8 Å². The van der Waals surface area contributed by atoms with Gasteiger partial charge in [0, 0.05) is 0 Å². The third kappa shape index (κ3) is 3.34. The minimum Gasteiger partial charge on any atom is -0.506 e. The van der Waals surface area contributed by atoms with Crippen LogP contribution in [0, 0.1) is 45.3 Å². The van der Waals surface area contributed by atoms with Crippen molar-refractivity contribution in [2.24, 2.45) is 45.3 Å². The Labute approximate surface area is 220 Å². The molecule has 9 rings (SSSR count). The number of nitrogens with two attached hydrogens (primary N) is 1. The van der Waals surface area contributed by atoms with Crippen LogP contribution in [0.25, 0.3) is 0 Å². The Morgan fingerprint density at radius 1 is 0.806 bits per heavy atom. The van der Waals surface area contributed by atoms with Crippen molar-refractivity contribution >= 4 is 5.69 Å². The maximum atomic E-state index is 10.3. The zero-order valence-electron chi connectivity index (χ0n) is 23.2. The van der Waals surface area contributed by atoms with E-state index in [4.69, 9.17) is 5.73 Å². The summed E-state index contributed by atoms with van der Waals surface area (Å²) in [5, 5.41) is 10.3. The zero-order valence-corrected chi connectivity index (χ0v) is 23.2. The van der Waals surface area contributed by atoms with E-state index in [-0.39, 0.29) is 5.75 Å². The first kappa shape index (κ1) is 23.9. The number of phenolic OH excluding ortho intramolecular Hbond substituents is 1. The third-order valence-corrected chi connectivity index (χ3v) is 13.2. The summed E-state index contributed by atoms with van der Waals surface area (Å²) in [6.07, 6.45) is 25.2. The van der Waals surface area contributed by atoms with Gasteiger partial charge >= 0.3 is 0 Å². The van der Waals surface area contributed by atoms with Gasteiger partial charge in [0.2, 0.25) is 0 Å². The van der Waals surface area contributed by atoms with E-state index in [0.29, 0.717) is 33.3 Å². The highest BCUT2D eigenvalue weighted by Gasteiger charge is 2.72. The van der Waals surface area contributed by atoms with Gasteiger partial charge in [-0.3, -0.25) is 0 Å². The van der Waals surface area contributed by atoms with Gasteiger partial charge in [0.25, 0.3) is 0 Å². The largest absolute Gasteiger partial charge is 0.506 e. The lowest BCUT2D eigenvalue weighted by Gasteiger charge is -2.76. The lowest BCUT2D eigenvalue weighted by atomic mass is 9.28. The van der Waals surface area contributed by atoms with Crippen molar-refractivity contribution < 1.29 is 5.11 Å². The van der Waals surface area contributed by atoms with Crippen LogP contribution in [0.15, 0.2) is 18.2 Å². The van der Waals surface area contributed by atoms with Crippen LogP contribution in [0.5, 0.6) is 5.75 Å². The summed E-state index contributed by atoms with van der Waals surface area (Å²) >= 11 is 0. The molecule has 1 aromatic carbocycles. The number of benzene rings is 1. The highest BCUT2D eigenvalue weighted by Crippen LogP contribution is 2.82. The van der Waals surface area contributed by atoms with E-state index in [1.807, 2.05) is 6.07 Å². The van der Waals surface area contributed by atoms with Gasteiger partial charge in [0.15, 0.2) is 0 Å². The SMILES string of the molecule is CCCCC12CC3CC(C1)CC(C14CC5CC(CC(CCCC)(C5)C1)C4c1ccc(O)c(N)c1)(C3)C2. The lowest BCUT2D eigenvalue weighted by molar-refractivity contribution is -0.251. The quantitative estimate of drug-likeness (QED) is 0.282. The second-order valence-corrected chi connectivity index (χ2v) is 15.6. The van der Waals surface area contributed by atoms with Gasteiger partial charge in [-0.15, -0.1) is 0 Å². The van der Waals surface area contributed by atoms with Crippen molar-refractivity contribution in [2.75, 3.05) is 5.73 Å². The maximum Gasteiger partial charge on any atom is 0.138 e. The fraction of sp³-hybridized carbons (Fsp3) is 0.824. The molecule has 7 atom stereocenters. The summed E-state index contributed by atoms with van der Waals surface area (Å²) < 4.78 is 0. The van der Waals surface area contributed by atoms with E-state index in [9.17, 15) is 5.11 Å². The van der Waals surface area contributed by atoms with E-state index in [1.54, 1.807) is 19.3 Å². The first-order valence-electron chi connectivity index (χ1n) is 15.9. The van der Waals surface area contributed by atoms with Crippen molar-refractivity contribution in [3.63, 3.8) is 0 Å². The highest BCUT2D eigenvalue weighted by atomic mass is 16.3. The van der Waals surface area contributed by atoms with Crippen LogP contribution in [0.3, 0.4) is 0 Å². The smallest absolute Gasteiger partial charge is 0.138 e. The van der Waals surface area contributed by atoms with Crippen molar-refractivity contribution in [1.82, 2.24) is 0 Å². The first-order valence-corrected chi connectivity index (χ1v) is 15.9. The van der Waals surface area contributed by atoms with Crippen LogP contribution in [0.1, 0.15) is 134 Å². The summed E-state index contributed by atoms with van der Waals surface area (Å²) in [6, 6.07) is 6.40. The molecule has 2 heteroatoms. The average Bonchev–Trinajstić information content (AvgIpc) is 2.82. The number of anilines is 1. The topological polar surface area (TPSA) is 46.2 Å². The Hall–Kier alpha value is -1.18. The molecular weight excluding hydrogens is 438 g/mol. The molecule has 1 aromatic rings. The van der Waals surface area contributed by atoms with Crippen LogP contribution in [-0.2, 0) is 0 Å². The molecule has 198 valence electrons. The van der Waals surface area contributed by atoms with E-state index in [2.05, 4.69) is 26.0 Å². The van der Waals surface area contributed by atoms with Gasteiger partial charge in [-0.2, -0.15) is 0 Å². The molecule has 8 fully saturated rings. The Kier molecular flexibility index (Phi) is 5.42. The van der Waals surface area contributed by atoms with Gasteiger partial charge in [-0.25, -0.2) is 0 Å². The van der Waals surface area contributed by atoms with E-state index in [1.165, 1.54) is 95.5 Å². The van der Waals surface area contributed by atoms with Crippen molar-refractivity contribution in [1.29, 1.82) is 0 Å². The van der Waals surface area contributed by atoms with Crippen LogP contribution in [0.2, 0.25) is 0 Å². The summed E-state index contributed by atoms with van der Waals surface area (Å²) in [5.74, 6) is 4.70. The number of unbranched alkanes of at least 4 members (excludes halogenated alkanes) is 2. The molecule has 8 saturated carbocycles. The molecule has 0 radical (unpaired) electrons. The fourth-order valence-corrected chi connectivity index (χ4v) is 13.2. The molecule has 8 bridgehead atoms. The number of nitrogen functional groups attached to an aromatic ring is 1. The minimum atomic E-state index is 0.268. The number of rotatable bonds is 8. The Morgan fingerprint density at radius 3 is 2.08 bits per heavy atom. The van der Waals surface area contributed by atoms with E-state index < -0.39 is 0 Å². The molecule has 8 aliphatic rings. The second kappa shape index (κ2) is 8.16. The lowest BCUT2D eigenvalue weighted by Crippen LogP contribution is -2.67. The van der Waals surface area contributed by atoms with Crippen molar-refractivity contribution in [3.05, 3.63) is 23.8 Å². The normalized spacial score (nSPS) is 48.1. The van der Waals surface area contributed by atoms with E-state index in [0.717, 1.165) is 23.7 Å². The molecule has 3 N–H and O–H groups in total. The van der Waals surface area contributed by atoms with Gasteiger partial charge in [-0.05, 0) is 152 Å². The van der Waals surface area contributed by atoms with Gasteiger partial charge in [-0.1, -0.05) is 45.6 Å². The number of hydrogen-bond acceptors (Lipinski definition) is 2. The summed E-state index contributed by atoms with van der Waals surface area (Å²) in [4.78, 5) is 0. The Balaban J connectivity index is 1.36.